The fraction of sp³-hybridized carbons (Fsp3) is 0.714. The van der Waals surface area contributed by atoms with Gasteiger partial charge in [-0.05, 0) is 52.4 Å². The van der Waals surface area contributed by atoms with Gasteiger partial charge in [-0.1, -0.05) is 51.9 Å². The van der Waals surface area contributed by atoms with E-state index >= 15 is 0 Å². The average molecular weight is 350 g/mol. The first kappa shape index (κ1) is 14.5. The average Bonchev–Trinajstić information content (AvgIpc) is 2.68. The molecule has 0 amide bonds. The van der Waals surface area contributed by atoms with E-state index in [1.807, 2.05) is 11.3 Å². The van der Waals surface area contributed by atoms with E-state index in [2.05, 4.69) is 41.0 Å². The minimum Gasteiger partial charge on any atom is -0.137 e. The molecule has 0 aliphatic carbocycles. The molecule has 1 aromatic heterocycles. The van der Waals surface area contributed by atoms with Crippen molar-refractivity contribution in [3.8, 4) is 0 Å². The predicted octanol–water partition coefficient (Wildman–Crippen LogP) is 6.04. The summed E-state index contributed by atoms with van der Waals surface area (Å²) in [7, 11) is 0. The van der Waals surface area contributed by atoms with Gasteiger partial charge in [0.2, 0.25) is 0 Å². The number of unbranched alkanes of at least 4 members (excludes halogenated alkanes) is 7. The molecule has 0 fully saturated rings. The maximum Gasteiger partial charge on any atom is 0.0685 e. The van der Waals surface area contributed by atoms with Gasteiger partial charge in [0.25, 0.3) is 0 Å². The minimum absolute atomic E-state index is 1.29. The lowest BCUT2D eigenvalue weighted by molar-refractivity contribution is 0.575. The van der Waals surface area contributed by atoms with Crippen LogP contribution >= 0.6 is 33.9 Å². The molecule has 0 unspecified atom stereocenters. The highest BCUT2D eigenvalue weighted by molar-refractivity contribution is 14.1. The van der Waals surface area contributed by atoms with Crippen LogP contribution in [0.1, 0.15) is 63.9 Å². The minimum atomic E-state index is 1.29. The van der Waals surface area contributed by atoms with E-state index in [1.165, 1.54) is 60.7 Å². The summed E-state index contributed by atoms with van der Waals surface area (Å²) in [5, 5.41) is 2.21. The monoisotopic (exact) mass is 350 g/mol. The molecule has 1 heterocycles. The Hall–Kier alpha value is 0.430. The molecule has 0 saturated carbocycles. The van der Waals surface area contributed by atoms with Gasteiger partial charge >= 0.3 is 0 Å². The largest absolute Gasteiger partial charge is 0.137 e. The summed E-state index contributed by atoms with van der Waals surface area (Å²) in [6, 6.07) is 2.29. The summed E-state index contributed by atoms with van der Waals surface area (Å²) in [4.78, 5) is 0. The van der Waals surface area contributed by atoms with Gasteiger partial charge in [-0.3, -0.25) is 0 Å². The maximum atomic E-state index is 2.46. The molecule has 1 rings (SSSR count). The molecule has 0 radical (unpaired) electrons. The molecule has 92 valence electrons. The van der Waals surface area contributed by atoms with E-state index in [0.717, 1.165) is 0 Å². The van der Waals surface area contributed by atoms with Crippen LogP contribution in [0.2, 0.25) is 0 Å². The highest BCUT2D eigenvalue weighted by Crippen LogP contribution is 2.21. The summed E-state index contributed by atoms with van der Waals surface area (Å²) >= 11 is 4.33. The van der Waals surface area contributed by atoms with Crippen molar-refractivity contribution >= 4 is 33.9 Å². The van der Waals surface area contributed by atoms with Crippen LogP contribution in [0.15, 0.2) is 11.4 Å². The quantitative estimate of drug-likeness (QED) is 0.376. The second-order valence-corrected chi connectivity index (χ2v) is 7.17. The Kier molecular flexibility index (Phi) is 8.57. The summed E-state index contributed by atoms with van der Waals surface area (Å²) in [5.74, 6) is 0. The van der Waals surface area contributed by atoms with E-state index < -0.39 is 0 Å². The van der Waals surface area contributed by atoms with E-state index in [0.29, 0.717) is 0 Å². The Labute approximate surface area is 118 Å². The maximum absolute atomic E-state index is 2.46. The lowest BCUT2D eigenvalue weighted by Gasteiger charge is -2.01. The van der Waals surface area contributed by atoms with Crippen LogP contribution in [0.25, 0.3) is 0 Å². The molecule has 0 aromatic carbocycles. The van der Waals surface area contributed by atoms with Gasteiger partial charge in [0.05, 0.1) is 2.88 Å². The van der Waals surface area contributed by atoms with Crippen molar-refractivity contribution in [3.05, 3.63) is 19.9 Å². The summed E-state index contributed by atoms with van der Waals surface area (Å²) < 4.78 is 1.49. The lowest BCUT2D eigenvalue weighted by Crippen LogP contribution is -1.86. The molecule has 1 aromatic rings. The Balaban J connectivity index is 1.91. The molecule has 2 heteroatoms. The summed E-state index contributed by atoms with van der Waals surface area (Å²) in [6.07, 6.45) is 12.6. The zero-order valence-electron chi connectivity index (χ0n) is 10.3. The fourth-order valence-electron chi connectivity index (χ4n) is 1.95. The first-order valence-electron chi connectivity index (χ1n) is 6.56. The molecule has 0 aliphatic heterocycles. The van der Waals surface area contributed by atoms with Crippen molar-refractivity contribution in [2.45, 2.75) is 64.7 Å². The Bertz CT molecular complexity index is 267. The third-order valence-electron chi connectivity index (χ3n) is 2.99. The first-order valence-corrected chi connectivity index (χ1v) is 8.52. The van der Waals surface area contributed by atoms with Gasteiger partial charge in [0.1, 0.15) is 0 Å². The molecule has 0 bridgehead atoms. The molecule has 0 N–H and O–H groups in total. The van der Waals surface area contributed by atoms with Crippen molar-refractivity contribution in [2.75, 3.05) is 0 Å². The normalized spacial score (nSPS) is 10.9. The molecule has 0 spiro atoms. The Morgan fingerprint density at radius 1 is 1.00 bits per heavy atom. The van der Waals surface area contributed by atoms with Crippen LogP contribution in [-0.4, -0.2) is 0 Å². The van der Waals surface area contributed by atoms with Crippen molar-refractivity contribution in [3.63, 3.8) is 0 Å². The molecular formula is C14H23IS. The molecule has 0 aliphatic rings. The van der Waals surface area contributed by atoms with E-state index in [4.69, 9.17) is 0 Å². The number of rotatable bonds is 9. The van der Waals surface area contributed by atoms with Crippen LogP contribution in [-0.2, 0) is 6.42 Å². The number of hydrogen-bond acceptors (Lipinski definition) is 1. The number of halogens is 1. The zero-order chi connectivity index (χ0) is 11.6. The molecular weight excluding hydrogens is 327 g/mol. The SMILES string of the molecule is CCCCCCCCCCc1ccsc1I. The Morgan fingerprint density at radius 2 is 1.62 bits per heavy atom. The van der Waals surface area contributed by atoms with E-state index in [1.54, 1.807) is 5.56 Å². The van der Waals surface area contributed by atoms with Gasteiger partial charge < -0.3 is 0 Å². The van der Waals surface area contributed by atoms with Crippen molar-refractivity contribution in [2.24, 2.45) is 0 Å². The summed E-state index contributed by atoms with van der Waals surface area (Å²) in [5.41, 5.74) is 1.57. The van der Waals surface area contributed by atoms with Crippen LogP contribution in [0.4, 0.5) is 0 Å². The molecule has 0 atom stereocenters. The molecule has 16 heavy (non-hydrogen) atoms. The van der Waals surface area contributed by atoms with Crippen molar-refractivity contribution < 1.29 is 0 Å². The van der Waals surface area contributed by atoms with Crippen LogP contribution in [0.5, 0.6) is 0 Å². The van der Waals surface area contributed by atoms with Crippen LogP contribution < -0.4 is 0 Å². The Morgan fingerprint density at radius 3 is 2.19 bits per heavy atom. The smallest absolute Gasteiger partial charge is 0.0685 e. The molecule has 0 nitrogen and oxygen atoms in total. The third-order valence-corrected chi connectivity index (χ3v) is 5.19. The predicted molar refractivity (Wildman–Crippen MR) is 83.4 cm³/mol. The fourth-order valence-corrected chi connectivity index (χ4v) is 3.51. The highest BCUT2D eigenvalue weighted by Gasteiger charge is 2.00. The van der Waals surface area contributed by atoms with Crippen molar-refractivity contribution in [1.82, 2.24) is 0 Å². The van der Waals surface area contributed by atoms with Gasteiger partial charge in [0, 0.05) is 0 Å². The second-order valence-electron chi connectivity index (χ2n) is 4.44. The van der Waals surface area contributed by atoms with Crippen molar-refractivity contribution in [1.29, 1.82) is 0 Å². The topological polar surface area (TPSA) is 0 Å². The van der Waals surface area contributed by atoms with Gasteiger partial charge in [-0.2, -0.15) is 0 Å². The second kappa shape index (κ2) is 9.46. The molecule has 0 saturated heterocycles. The number of aryl methyl sites for hydroxylation is 1. The van der Waals surface area contributed by atoms with Crippen LogP contribution in [0, 0.1) is 2.88 Å². The van der Waals surface area contributed by atoms with E-state index in [-0.39, 0.29) is 0 Å². The standard InChI is InChI=1S/C14H23IS/c1-2-3-4-5-6-7-8-9-10-13-11-12-16-14(13)15/h11-12H,2-10H2,1H3. The first-order chi connectivity index (χ1) is 7.84. The van der Waals surface area contributed by atoms with Gasteiger partial charge in [-0.25, -0.2) is 0 Å². The van der Waals surface area contributed by atoms with Gasteiger partial charge in [0.15, 0.2) is 0 Å². The number of thiophene rings is 1. The highest BCUT2D eigenvalue weighted by atomic mass is 127. The summed E-state index contributed by atoms with van der Waals surface area (Å²) in [6.45, 7) is 2.28. The van der Waals surface area contributed by atoms with Gasteiger partial charge in [-0.15, -0.1) is 11.3 Å². The lowest BCUT2D eigenvalue weighted by atomic mass is 10.1. The van der Waals surface area contributed by atoms with Crippen LogP contribution in [0.3, 0.4) is 0 Å². The third kappa shape index (κ3) is 6.24. The van der Waals surface area contributed by atoms with E-state index in [9.17, 15) is 0 Å². The number of hydrogen-bond donors (Lipinski definition) is 0. The zero-order valence-corrected chi connectivity index (χ0v) is 13.3.